The molecule has 0 spiro atoms. The minimum absolute atomic E-state index is 0.216. The number of hydrogen-bond acceptors (Lipinski definition) is 6. The number of nitrogens with zero attached hydrogens (tertiary/aromatic N) is 2. The third kappa shape index (κ3) is 4.20. The number of nitro benzene ring substituents is 1. The van der Waals surface area contributed by atoms with E-state index in [0.717, 1.165) is 17.5 Å². The lowest BCUT2D eigenvalue weighted by Crippen LogP contribution is -2.36. The Labute approximate surface area is 158 Å². The second-order valence-corrected chi connectivity index (χ2v) is 8.05. The zero-order valence-corrected chi connectivity index (χ0v) is 16.3. The Bertz CT molecular complexity index is 961. The van der Waals surface area contributed by atoms with Crippen molar-refractivity contribution in [2.24, 2.45) is 0 Å². The number of carbonyl (C=O) groups excluding carboxylic acids is 1. The molecular formula is C16H15BrN2O6S. The topological polar surface area (TPSA) is 107 Å². The Kier molecular flexibility index (Phi) is 5.98. The van der Waals surface area contributed by atoms with E-state index in [2.05, 4.69) is 20.7 Å². The van der Waals surface area contributed by atoms with Crippen LogP contribution < -0.4 is 4.31 Å². The van der Waals surface area contributed by atoms with Gasteiger partial charge < -0.3 is 4.74 Å². The molecule has 8 nitrogen and oxygen atoms in total. The lowest BCUT2D eigenvalue weighted by atomic mass is 10.2. The molecule has 138 valence electrons. The number of halogens is 1. The van der Waals surface area contributed by atoms with Crippen molar-refractivity contribution in [2.45, 2.75) is 11.8 Å². The summed E-state index contributed by atoms with van der Waals surface area (Å²) in [6.45, 7) is 0.937. The number of ether oxygens (including phenoxy) is 1. The summed E-state index contributed by atoms with van der Waals surface area (Å²) in [6.07, 6.45) is 0. The summed E-state index contributed by atoms with van der Waals surface area (Å²) in [4.78, 5) is 21.9. The van der Waals surface area contributed by atoms with Crippen LogP contribution in [0.5, 0.6) is 0 Å². The highest BCUT2D eigenvalue weighted by Gasteiger charge is 2.29. The lowest BCUT2D eigenvalue weighted by molar-refractivity contribution is -0.385. The molecule has 0 heterocycles. The molecule has 0 radical (unpaired) electrons. The molecule has 2 rings (SSSR count). The van der Waals surface area contributed by atoms with Crippen molar-refractivity contribution in [3.05, 3.63) is 62.6 Å². The molecule has 2 aromatic rings. The van der Waals surface area contributed by atoms with Crippen LogP contribution in [-0.2, 0) is 19.6 Å². The van der Waals surface area contributed by atoms with E-state index >= 15 is 0 Å². The summed E-state index contributed by atoms with van der Waals surface area (Å²) in [7, 11) is -3.10. The first kappa shape index (κ1) is 19.9. The minimum atomic E-state index is -4.24. The Hall–Kier alpha value is -2.46. The first-order valence-electron chi connectivity index (χ1n) is 7.27. The maximum atomic E-state index is 13.1. The average molecular weight is 443 g/mol. The van der Waals surface area contributed by atoms with E-state index < -0.39 is 27.5 Å². The Balaban J connectivity index is 2.61. The van der Waals surface area contributed by atoms with Crippen LogP contribution in [-0.4, -0.2) is 33.0 Å². The van der Waals surface area contributed by atoms with Crippen LogP contribution in [0.2, 0.25) is 0 Å². The van der Waals surface area contributed by atoms with Crippen molar-refractivity contribution in [2.75, 3.05) is 18.0 Å². The van der Waals surface area contributed by atoms with Gasteiger partial charge >= 0.3 is 5.97 Å². The van der Waals surface area contributed by atoms with Gasteiger partial charge in [0, 0.05) is 16.1 Å². The van der Waals surface area contributed by atoms with E-state index in [1.54, 1.807) is 12.1 Å². The maximum absolute atomic E-state index is 13.1. The second kappa shape index (κ2) is 7.83. The Morgan fingerprint density at radius 3 is 2.54 bits per heavy atom. The van der Waals surface area contributed by atoms with Crippen LogP contribution >= 0.6 is 15.9 Å². The molecular weight excluding hydrogens is 428 g/mol. The molecule has 0 saturated carbocycles. The molecule has 0 amide bonds. The molecule has 0 unspecified atom stereocenters. The van der Waals surface area contributed by atoms with Crippen molar-refractivity contribution in [1.82, 2.24) is 0 Å². The van der Waals surface area contributed by atoms with Crippen molar-refractivity contribution in [1.29, 1.82) is 0 Å². The number of benzene rings is 2. The SMILES string of the molecule is COC(=O)CN(c1cccc(Br)c1)S(=O)(=O)c1ccc(C)c([N+](=O)[O-])c1. The zero-order valence-electron chi connectivity index (χ0n) is 13.9. The number of anilines is 1. The van der Waals surface area contributed by atoms with Gasteiger partial charge in [-0.05, 0) is 31.2 Å². The summed E-state index contributed by atoms with van der Waals surface area (Å²) in [5, 5.41) is 11.1. The number of sulfonamides is 1. The number of esters is 1. The van der Waals surface area contributed by atoms with Gasteiger partial charge in [0.25, 0.3) is 15.7 Å². The van der Waals surface area contributed by atoms with Crippen LogP contribution in [0.4, 0.5) is 11.4 Å². The number of rotatable bonds is 6. The molecule has 0 aliphatic rings. The summed E-state index contributed by atoms with van der Waals surface area (Å²) < 4.78 is 32.2. The summed E-state index contributed by atoms with van der Waals surface area (Å²) >= 11 is 3.25. The van der Waals surface area contributed by atoms with Crippen LogP contribution in [0, 0.1) is 17.0 Å². The highest BCUT2D eigenvalue weighted by molar-refractivity contribution is 9.10. The normalized spacial score (nSPS) is 11.0. The van der Waals surface area contributed by atoms with E-state index in [0.29, 0.717) is 10.0 Å². The van der Waals surface area contributed by atoms with Crippen molar-refractivity contribution < 1.29 is 22.9 Å². The van der Waals surface area contributed by atoms with Gasteiger partial charge in [-0.15, -0.1) is 0 Å². The molecule has 0 atom stereocenters. The predicted molar refractivity (Wildman–Crippen MR) is 98.5 cm³/mol. The monoisotopic (exact) mass is 442 g/mol. The van der Waals surface area contributed by atoms with E-state index in [1.807, 2.05) is 0 Å². The first-order chi connectivity index (χ1) is 12.2. The lowest BCUT2D eigenvalue weighted by Gasteiger charge is -2.23. The molecule has 0 bridgehead atoms. The molecule has 0 aliphatic carbocycles. The molecule has 10 heteroatoms. The second-order valence-electron chi connectivity index (χ2n) is 5.27. The van der Waals surface area contributed by atoms with Crippen LogP contribution in [0.3, 0.4) is 0 Å². The highest BCUT2D eigenvalue weighted by atomic mass is 79.9. The summed E-state index contributed by atoms with van der Waals surface area (Å²) in [5.74, 6) is -0.768. The quantitative estimate of drug-likeness (QED) is 0.386. The molecule has 2 aromatic carbocycles. The van der Waals surface area contributed by atoms with Gasteiger partial charge in [0.1, 0.15) is 6.54 Å². The van der Waals surface area contributed by atoms with E-state index in [9.17, 15) is 23.3 Å². The zero-order chi connectivity index (χ0) is 19.5. The Morgan fingerprint density at radius 2 is 1.96 bits per heavy atom. The van der Waals surface area contributed by atoms with Gasteiger partial charge in [-0.1, -0.05) is 28.1 Å². The molecule has 0 saturated heterocycles. The standard InChI is InChI=1S/C16H15BrN2O6S/c1-11-6-7-14(9-15(11)19(21)22)26(23,24)18(10-16(20)25-2)13-5-3-4-12(17)8-13/h3-9H,10H2,1-2H3. The smallest absolute Gasteiger partial charge is 0.326 e. The van der Waals surface area contributed by atoms with Crippen LogP contribution in [0.15, 0.2) is 51.8 Å². The van der Waals surface area contributed by atoms with Crippen LogP contribution in [0.1, 0.15) is 5.56 Å². The van der Waals surface area contributed by atoms with Crippen LogP contribution in [0.25, 0.3) is 0 Å². The van der Waals surface area contributed by atoms with Crippen molar-refractivity contribution >= 4 is 43.3 Å². The van der Waals surface area contributed by atoms with Gasteiger partial charge in [-0.25, -0.2) is 8.42 Å². The molecule has 0 fully saturated rings. The third-order valence-electron chi connectivity index (χ3n) is 3.56. The van der Waals surface area contributed by atoms with E-state index in [1.165, 1.54) is 31.2 Å². The average Bonchev–Trinajstić information content (AvgIpc) is 2.59. The van der Waals surface area contributed by atoms with E-state index in [-0.39, 0.29) is 16.3 Å². The van der Waals surface area contributed by atoms with Gasteiger partial charge in [0.2, 0.25) is 0 Å². The number of nitro groups is 1. The molecule has 26 heavy (non-hydrogen) atoms. The number of methoxy groups -OCH3 is 1. The maximum Gasteiger partial charge on any atom is 0.326 e. The first-order valence-corrected chi connectivity index (χ1v) is 9.50. The minimum Gasteiger partial charge on any atom is -0.468 e. The number of carbonyl (C=O) groups is 1. The summed E-state index contributed by atoms with van der Waals surface area (Å²) in [6, 6.07) is 9.92. The van der Waals surface area contributed by atoms with Gasteiger partial charge in [-0.3, -0.25) is 19.2 Å². The van der Waals surface area contributed by atoms with Gasteiger partial charge in [0.15, 0.2) is 0 Å². The largest absolute Gasteiger partial charge is 0.468 e. The van der Waals surface area contributed by atoms with Crippen molar-refractivity contribution in [3.63, 3.8) is 0 Å². The van der Waals surface area contributed by atoms with Gasteiger partial charge in [-0.2, -0.15) is 0 Å². The summed E-state index contributed by atoms with van der Waals surface area (Å²) in [5.41, 5.74) is 0.224. The Morgan fingerprint density at radius 1 is 1.27 bits per heavy atom. The predicted octanol–water partition coefficient (Wildman–Crippen LogP) is 3.03. The highest BCUT2D eigenvalue weighted by Crippen LogP contribution is 2.29. The fourth-order valence-electron chi connectivity index (χ4n) is 2.20. The molecule has 0 aliphatic heterocycles. The molecule has 0 aromatic heterocycles. The number of aryl methyl sites for hydroxylation is 1. The number of hydrogen-bond donors (Lipinski definition) is 0. The van der Waals surface area contributed by atoms with E-state index in [4.69, 9.17) is 0 Å². The fraction of sp³-hybridized carbons (Fsp3) is 0.188. The van der Waals surface area contributed by atoms with Crippen molar-refractivity contribution in [3.8, 4) is 0 Å². The van der Waals surface area contributed by atoms with Gasteiger partial charge in [0.05, 0.1) is 22.6 Å². The fourth-order valence-corrected chi connectivity index (χ4v) is 4.01. The molecule has 0 N–H and O–H groups in total. The third-order valence-corrected chi connectivity index (χ3v) is 5.82.